The first-order valence-corrected chi connectivity index (χ1v) is 8.08. The summed E-state index contributed by atoms with van der Waals surface area (Å²) in [7, 11) is 2.29. The van der Waals surface area contributed by atoms with E-state index >= 15 is 0 Å². The van der Waals surface area contributed by atoms with Gasteiger partial charge in [0.15, 0.2) is 0 Å². The number of hydrogen-bond acceptors (Lipinski definition) is 3. The summed E-state index contributed by atoms with van der Waals surface area (Å²) in [4.78, 5) is 6.75. The Bertz CT molecular complexity index is 386. The fourth-order valence-electron chi connectivity index (χ4n) is 3.06. The van der Waals surface area contributed by atoms with E-state index in [1.807, 2.05) is 12.4 Å². The van der Waals surface area contributed by atoms with Gasteiger partial charge in [0.05, 0.1) is 0 Å². The van der Waals surface area contributed by atoms with Gasteiger partial charge in [-0.2, -0.15) is 0 Å². The van der Waals surface area contributed by atoms with E-state index < -0.39 is 0 Å². The van der Waals surface area contributed by atoms with E-state index in [-0.39, 0.29) is 0 Å². The van der Waals surface area contributed by atoms with Gasteiger partial charge in [0.2, 0.25) is 0 Å². The first-order chi connectivity index (χ1) is 9.77. The van der Waals surface area contributed by atoms with Crippen LogP contribution in [0.25, 0.3) is 0 Å². The van der Waals surface area contributed by atoms with Gasteiger partial charge in [-0.25, -0.2) is 0 Å². The Morgan fingerprint density at radius 2 is 2.10 bits per heavy atom. The molecule has 2 rings (SSSR count). The van der Waals surface area contributed by atoms with Crippen LogP contribution in [0.1, 0.15) is 49.7 Å². The molecule has 0 amide bonds. The third kappa shape index (κ3) is 4.88. The molecule has 1 aliphatic rings. The number of aromatic nitrogens is 1. The Labute approximate surface area is 123 Å². The van der Waals surface area contributed by atoms with E-state index in [4.69, 9.17) is 0 Å². The Balaban J connectivity index is 1.58. The fraction of sp³-hybridized carbons (Fsp3) is 0.706. The van der Waals surface area contributed by atoms with Crippen molar-refractivity contribution in [1.29, 1.82) is 0 Å². The second kappa shape index (κ2) is 8.38. The number of hydrogen-bond donors (Lipinski definition) is 1. The summed E-state index contributed by atoms with van der Waals surface area (Å²) in [6.07, 6.45) is 12.1. The molecule has 1 aromatic heterocycles. The van der Waals surface area contributed by atoms with Crippen molar-refractivity contribution in [2.45, 2.75) is 58.0 Å². The maximum absolute atomic E-state index is 4.19. The molecule has 1 N–H and O–H groups in total. The molecular weight excluding hydrogens is 246 g/mol. The minimum atomic E-state index is 0.837. The van der Waals surface area contributed by atoms with Crippen LogP contribution in [0.4, 0.5) is 0 Å². The van der Waals surface area contributed by atoms with Crippen LogP contribution in [0.5, 0.6) is 0 Å². The molecule has 0 spiro atoms. The minimum absolute atomic E-state index is 0.837. The van der Waals surface area contributed by atoms with Crippen molar-refractivity contribution in [3.8, 4) is 0 Å². The van der Waals surface area contributed by atoms with Gasteiger partial charge in [0, 0.05) is 25.0 Å². The second-order valence-corrected chi connectivity index (χ2v) is 6.10. The summed E-state index contributed by atoms with van der Waals surface area (Å²) in [5.74, 6) is 0. The van der Waals surface area contributed by atoms with Crippen molar-refractivity contribution in [3.63, 3.8) is 0 Å². The zero-order valence-corrected chi connectivity index (χ0v) is 13.1. The lowest BCUT2D eigenvalue weighted by Gasteiger charge is -2.31. The highest BCUT2D eigenvalue weighted by Gasteiger charge is 2.16. The maximum atomic E-state index is 4.19. The zero-order chi connectivity index (χ0) is 14.2. The summed E-state index contributed by atoms with van der Waals surface area (Å²) < 4.78 is 0. The molecule has 1 aromatic rings. The minimum Gasteiger partial charge on any atom is -0.313 e. The van der Waals surface area contributed by atoms with Gasteiger partial charge >= 0.3 is 0 Å². The lowest BCUT2D eigenvalue weighted by atomic mass is 9.94. The molecule has 0 bridgehead atoms. The zero-order valence-electron chi connectivity index (χ0n) is 13.1. The van der Waals surface area contributed by atoms with Crippen LogP contribution in [0, 0.1) is 6.92 Å². The molecule has 0 unspecified atom stereocenters. The van der Waals surface area contributed by atoms with Gasteiger partial charge in [0.1, 0.15) is 0 Å². The van der Waals surface area contributed by atoms with Gasteiger partial charge in [-0.3, -0.25) is 4.98 Å². The van der Waals surface area contributed by atoms with Crippen molar-refractivity contribution in [1.82, 2.24) is 15.2 Å². The lowest BCUT2D eigenvalue weighted by molar-refractivity contribution is 0.189. The maximum Gasteiger partial charge on any atom is 0.0315 e. The molecule has 1 fully saturated rings. The van der Waals surface area contributed by atoms with E-state index in [0.29, 0.717) is 0 Å². The van der Waals surface area contributed by atoms with Crippen molar-refractivity contribution >= 4 is 0 Å². The first kappa shape index (κ1) is 15.5. The topological polar surface area (TPSA) is 28.2 Å². The highest BCUT2D eigenvalue weighted by molar-refractivity contribution is 5.20. The Morgan fingerprint density at radius 1 is 1.30 bits per heavy atom. The quantitative estimate of drug-likeness (QED) is 0.775. The molecule has 112 valence electrons. The molecule has 0 aliphatic heterocycles. The smallest absolute Gasteiger partial charge is 0.0315 e. The summed E-state index contributed by atoms with van der Waals surface area (Å²) in [6.45, 7) is 5.39. The Kier molecular flexibility index (Phi) is 6.48. The normalized spacial score (nSPS) is 16.8. The van der Waals surface area contributed by atoms with Crippen LogP contribution in [0.15, 0.2) is 18.5 Å². The molecule has 0 saturated heterocycles. The van der Waals surface area contributed by atoms with Crippen LogP contribution < -0.4 is 5.32 Å². The first-order valence-electron chi connectivity index (χ1n) is 8.08. The van der Waals surface area contributed by atoms with Gasteiger partial charge in [0.25, 0.3) is 0 Å². The average molecular weight is 275 g/mol. The molecule has 0 aromatic carbocycles. The molecule has 0 atom stereocenters. The number of aryl methyl sites for hydroxylation is 1. The second-order valence-electron chi connectivity index (χ2n) is 6.10. The summed E-state index contributed by atoms with van der Waals surface area (Å²) in [5, 5.41) is 3.53. The third-order valence-corrected chi connectivity index (χ3v) is 4.53. The highest BCUT2D eigenvalue weighted by atomic mass is 15.1. The Hall–Kier alpha value is -0.930. The molecule has 1 heterocycles. The van der Waals surface area contributed by atoms with E-state index in [9.17, 15) is 0 Å². The predicted molar refractivity (Wildman–Crippen MR) is 84.8 cm³/mol. The van der Waals surface area contributed by atoms with E-state index in [1.54, 1.807) is 0 Å². The van der Waals surface area contributed by atoms with Crippen LogP contribution in [-0.2, 0) is 6.54 Å². The van der Waals surface area contributed by atoms with Crippen molar-refractivity contribution in [2.24, 2.45) is 0 Å². The van der Waals surface area contributed by atoms with Crippen LogP contribution >= 0.6 is 0 Å². The SMILES string of the molecule is Cc1ccncc1CNCCCN(C)C1CCCCC1. The van der Waals surface area contributed by atoms with Crippen LogP contribution in [0.2, 0.25) is 0 Å². The molecule has 20 heavy (non-hydrogen) atoms. The monoisotopic (exact) mass is 275 g/mol. The third-order valence-electron chi connectivity index (χ3n) is 4.53. The van der Waals surface area contributed by atoms with E-state index in [0.717, 1.165) is 19.1 Å². The van der Waals surface area contributed by atoms with Crippen molar-refractivity contribution in [3.05, 3.63) is 29.6 Å². The van der Waals surface area contributed by atoms with E-state index in [1.165, 1.54) is 56.2 Å². The molecular formula is C17H29N3. The van der Waals surface area contributed by atoms with E-state index in [2.05, 4.69) is 35.2 Å². The number of nitrogens with zero attached hydrogens (tertiary/aromatic N) is 2. The summed E-state index contributed by atoms with van der Waals surface area (Å²) in [6, 6.07) is 2.91. The van der Waals surface area contributed by atoms with Gasteiger partial charge in [-0.15, -0.1) is 0 Å². The standard InChI is InChI=1S/C17H29N3/c1-15-9-11-19-14-16(15)13-18-10-6-12-20(2)17-7-4-3-5-8-17/h9,11,14,17-18H,3-8,10,12-13H2,1-2H3. The fourth-order valence-corrected chi connectivity index (χ4v) is 3.06. The van der Waals surface area contributed by atoms with Gasteiger partial charge in [-0.05, 0) is 63.5 Å². The average Bonchev–Trinajstić information content (AvgIpc) is 2.49. The summed E-state index contributed by atoms with van der Waals surface area (Å²) in [5.41, 5.74) is 2.64. The molecule has 0 radical (unpaired) electrons. The molecule has 3 heteroatoms. The number of rotatable bonds is 7. The largest absolute Gasteiger partial charge is 0.313 e. The van der Waals surface area contributed by atoms with Gasteiger partial charge < -0.3 is 10.2 Å². The number of pyridine rings is 1. The lowest BCUT2D eigenvalue weighted by Crippen LogP contribution is -2.35. The van der Waals surface area contributed by atoms with Crippen LogP contribution in [-0.4, -0.2) is 36.1 Å². The predicted octanol–water partition coefficient (Wildman–Crippen LogP) is 3.13. The molecule has 1 saturated carbocycles. The highest BCUT2D eigenvalue weighted by Crippen LogP contribution is 2.21. The number of nitrogens with one attached hydrogen (secondary N) is 1. The van der Waals surface area contributed by atoms with Crippen LogP contribution in [0.3, 0.4) is 0 Å². The van der Waals surface area contributed by atoms with Gasteiger partial charge in [-0.1, -0.05) is 19.3 Å². The van der Waals surface area contributed by atoms with Crippen molar-refractivity contribution < 1.29 is 0 Å². The van der Waals surface area contributed by atoms with Crippen molar-refractivity contribution in [2.75, 3.05) is 20.1 Å². The Morgan fingerprint density at radius 3 is 2.85 bits per heavy atom. The molecule has 3 nitrogen and oxygen atoms in total. The summed E-state index contributed by atoms with van der Waals surface area (Å²) >= 11 is 0. The molecule has 1 aliphatic carbocycles.